The van der Waals surface area contributed by atoms with Gasteiger partial charge in [0.05, 0.1) is 50.0 Å². The lowest BCUT2D eigenvalue weighted by atomic mass is 9.99. The molecule has 0 spiro atoms. The minimum absolute atomic E-state index is 0.865. The number of benzene rings is 9. The van der Waals surface area contributed by atoms with Crippen LogP contribution in [0.3, 0.4) is 0 Å². The molecule has 4 heteroatoms. The number of hydrogen-bond acceptors (Lipinski definition) is 2. The Morgan fingerprint density at radius 3 is 1.59 bits per heavy atom. The Hall–Kier alpha value is -7.82. The van der Waals surface area contributed by atoms with Gasteiger partial charge in [0.1, 0.15) is 0 Å². The van der Waals surface area contributed by atoms with Crippen LogP contribution in [0.5, 0.6) is 0 Å². The fraction of sp³-hybridized carbons (Fsp3) is 0. The first-order valence-corrected chi connectivity index (χ1v) is 19.8. The van der Waals surface area contributed by atoms with E-state index in [0.29, 0.717) is 0 Å². The van der Waals surface area contributed by atoms with E-state index in [0.717, 1.165) is 39.2 Å². The molecule has 0 bridgehead atoms. The van der Waals surface area contributed by atoms with Crippen LogP contribution >= 0.6 is 0 Å². The van der Waals surface area contributed by atoms with Gasteiger partial charge in [-0.15, -0.1) is 0 Å². The van der Waals surface area contributed by atoms with Crippen molar-refractivity contribution in [2.75, 3.05) is 0 Å². The third-order valence-electron chi connectivity index (χ3n) is 12.2. The second-order valence-electron chi connectivity index (χ2n) is 15.3. The molecule has 4 nitrogen and oxygen atoms in total. The van der Waals surface area contributed by atoms with Gasteiger partial charge in [0.2, 0.25) is 0 Å². The fourth-order valence-electron chi connectivity index (χ4n) is 9.65. The Kier molecular flexibility index (Phi) is 6.41. The summed E-state index contributed by atoms with van der Waals surface area (Å²) < 4.78 is 5.00. The van der Waals surface area contributed by atoms with Gasteiger partial charge in [0.25, 0.3) is 0 Å². The molecule has 0 amide bonds. The highest BCUT2D eigenvalue weighted by atomic mass is 15.0. The Labute approximate surface area is 332 Å². The van der Waals surface area contributed by atoms with Gasteiger partial charge in [0, 0.05) is 54.5 Å². The third-order valence-corrected chi connectivity index (χ3v) is 12.2. The minimum atomic E-state index is 0.865. The van der Waals surface area contributed by atoms with Crippen molar-refractivity contribution in [3.05, 3.63) is 194 Å². The highest BCUT2D eigenvalue weighted by molar-refractivity contribution is 6.35. The van der Waals surface area contributed by atoms with E-state index < -0.39 is 0 Å². The SMILES string of the molecule is c1ccc(-c2ccc(-c3nc4ccccc4nc3-c3ccc(-n4c5c6ccccc6ccc5c5cc6c7ccccc7n7c8ccccc8c(c54)c67)cc3)cc2)cc1. The van der Waals surface area contributed by atoms with E-state index in [4.69, 9.17) is 9.97 Å². The summed E-state index contributed by atoms with van der Waals surface area (Å²) in [5, 5.41) is 10.1. The zero-order valence-electron chi connectivity index (χ0n) is 31.3. The molecular weight excluding hydrogens is 705 g/mol. The summed E-state index contributed by atoms with van der Waals surface area (Å²) in [5.74, 6) is 0. The Morgan fingerprint density at radius 1 is 0.328 bits per heavy atom. The van der Waals surface area contributed by atoms with Crippen LogP contribution in [0.2, 0.25) is 0 Å². The topological polar surface area (TPSA) is 35.1 Å². The molecule has 0 unspecified atom stereocenters. The Balaban J connectivity index is 1.07. The van der Waals surface area contributed by atoms with Gasteiger partial charge in [-0.3, -0.25) is 0 Å². The predicted octanol–water partition coefficient (Wildman–Crippen LogP) is 14.0. The zero-order valence-corrected chi connectivity index (χ0v) is 31.3. The largest absolute Gasteiger partial charge is 0.308 e. The molecule has 58 heavy (non-hydrogen) atoms. The van der Waals surface area contributed by atoms with Crippen molar-refractivity contribution in [3.8, 4) is 39.3 Å². The van der Waals surface area contributed by atoms with Crippen LogP contribution in [0.15, 0.2) is 194 Å². The molecule has 4 aromatic heterocycles. The van der Waals surface area contributed by atoms with E-state index in [1.54, 1.807) is 0 Å². The van der Waals surface area contributed by atoms with Gasteiger partial charge in [-0.25, -0.2) is 9.97 Å². The van der Waals surface area contributed by atoms with E-state index in [-0.39, 0.29) is 0 Å². The quantitative estimate of drug-likeness (QED) is 0.180. The second-order valence-corrected chi connectivity index (χ2v) is 15.3. The maximum atomic E-state index is 5.28. The van der Waals surface area contributed by atoms with Gasteiger partial charge >= 0.3 is 0 Å². The molecule has 0 aliphatic rings. The maximum Gasteiger partial charge on any atom is 0.0973 e. The van der Waals surface area contributed by atoms with E-state index >= 15 is 0 Å². The van der Waals surface area contributed by atoms with Crippen molar-refractivity contribution >= 4 is 81.7 Å². The highest BCUT2D eigenvalue weighted by Gasteiger charge is 2.25. The average Bonchev–Trinajstić information content (AvgIpc) is 3.94. The van der Waals surface area contributed by atoms with Crippen molar-refractivity contribution in [3.63, 3.8) is 0 Å². The average molecular weight is 737 g/mol. The molecule has 0 N–H and O–H groups in total. The Morgan fingerprint density at radius 2 is 0.862 bits per heavy atom. The molecule has 0 saturated heterocycles. The molecule has 0 aliphatic heterocycles. The number of rotatable bonds is 4. The van der Waals surface area contributed by atoms with Crippen LogP contribution in [0.25, 0.3) is 121 Å². The molecular formula is C54H32N4. The molecule has 13 rings (SSSR count). The monoisotopic (exact) mass is 736 g/mol. The van der Waals surface area contributed by atoms with E-state index in [1.807, 2.05) is 24.3 Å². The molecule has 0 atom stereocenters. The summed E-state index contributed by atoms with van der Waals surface area (Å²) in [5.41, 5.74) is 15.2. The zero-order chi connectivity index (χ0) is 37.9. The number of aromatic nitrogens is 4. The smallest absolute Gasteiger partial charge is 0.0973 e. The first-order chi connectivity index (χ1) is 28.8. The number of nitrogens with zero attached hydrogens (tertiary/aromatic N) is 4. The first kappa shape index (κ1) is 31.4. The maximum absolute atomic E-state index is 5.28. The molecule has 268 valence electrons. The first-order valence-electron chi connectivity index (χ1n) is 19.8. The van der Waals surface area contributed by atoms with E-state index in [9.17, 15) is 0 Å². The third kappa shape index (κ3) is 4.34. The number of para-hydroxylation sites is 4. The van der Waals surface area contributed by atoms with Crippen molar-refractivity contribution in [1.29, 1.82) is 0 Å². The van der Waals surface area contributed by atoms with Crippen LogP contribution in [0.4, 0.5) is 0 Å². The Bertz CT molecular complexity index is 3760. The van der Waals surface area contributed by atoms with Crippen LogP contribution in [-0.4, -0.2) is 18.9 Å². The van der Waals surface area contributed by atoms with Gasteiger partial charge in [-0.2, -0.15) is 0 Å². The molecule has 0 aliphatic carbocycles. The van der Waals surface area contributed by atoms with E-state index in [1.165, 1.54) is 81.8 Å². The second kappa shape index (κ2) is 11.8. The van der Waals surface area contributed by atoms with Crippen LogP contribution < -0.4 is 0 Å². The van der Waals surface area contributed by atoms with Gasteiger partial charge in [-0.05, 0) is 59.0 Å². The molecule has 0 radical (unpaired) electrons. The highest BCUT2D eigenvalue weighted by Crippen LogP contribution is 2.47. The predicted molar refractivity (Wildman–Crippen MR) is 242 cm³/mol. The van der Waals surface area contributed by atoms with Crippen molar-refractivity contribution in [2.45, 2.75) is 0 Å². The summed E-state index contributed by atoms with van der Waals surface area (Å²) in [4.78, 5) is 10.5. The van der Waals surface area contributed by atoms with Gasteiger partial charge in [0.15, 0.2) is 0 Å². The molecule has 4 heterocycles. The minimum Gasteiger partial charge on any atom is -0.308 e. The van der Waals surface area contributed by atoms with Crippen LogP contribution in [0.1, 0.15) is 0 Å². The lowest BCUT2D eigenvalue weighted by molar-refractivity contribution is 1.19. The van der Waals surface area contributed by atoms with Crippen LogP contribution in [-0.2, 0) is 0 Å². The van der Waals surface area contributed by atoms with Crippen molar-refractivity contribution < 1.29 is 0 Å². The lowest BCUT2D eigenvalue weighted by Gasteiger charge is -2.14. The number of fused-ring (bicyclic) bond motifs is 13. The summed E-state index contributed by atoms with van der Waals surface area (Å²) in [7, 11) is 0. The standard InChI is InChI=1S/C54H32N4/c1-2-12-33(13-3-1)34-22-24-36(25-23-34)50-51(56-46-19-9-8-18-45(46)55-50)37-26-29-38(30-27-37)57-52-39-15-5-4-14-35(39)28-31-41(52)44-32-43-40-16-6-10-20-47(40)58-48-21-11-7-17-42(48)49(53(44)57)54(43)58/h1-32H. The van der Waals surface area contributed by atoms with Crippen molar-refractivity contribution in [1.82, 2.24) is 18.9 Å². The number of hydrogen-bond donors (Lipinski definition) is 0. The van der Waals surface area contributed by atoms with E-state index in [2.05, 4.69) is 179 Å². The van der Waals surface area contributed by atoms with Crippen molar-refractivity contribution in [2.24, 2.45) is 0 Å². The van der Waals surface area contributed by atoms with Gasteiger partial charge in [-0.1, -0.05) is 152 Å². The summed E-state index contributed by atoms with van der Waals surface area (Å²) in [6, 6.07) is 69.9. The molecule has 9 aromatic carbocycles. The molecule has 0 fully saturated rings. The summed E-state index contributed by atoms with van der Waals surface area (Å²) in [6.07, 6.45) is 0. The molecule has 0 saturated carbocycles. The lowest BCUT2D eigenvalue weighted by Crippen LogP contribution is -1.98. The molecule has 13 aromatic rings. The summed E-state index contributed by atoms with van der Waals surface area (Å²) >= 11 is 0. The fourth-order valence-corrected chi connectivity index (χ4v) is 9.65. The van der Waals surface area contributed by atoms with Gasteiger partial charge < -0.3 is 8.97 Å². The van der Waals surface area contributed by atoms with Crippen LogP contribution in [0, 0.1) is 0 Å². The normalized spacial score (nSPS) is 12.1. The summed E-state index contributed by atoms with van der Waals surface area (Å²) in [6.45, 7) is 0.